The molecular formula is C15H22N2OS. The van der Waals surface area contributed by atoms with Crippen molar-refractivity contribution in [3.63, 3.8) is 0 Å². The SMILES string of the molecule is Cc1ccc2sc(NCCCOCC(C)C)nc2c1. The summed E-state index contributed by atoms with van der Waals surface area (Å²) in [5.41, 5.74) is 2.34. The molecule has 19 heavy (non-hydrogen) atoms. The average Bonchev–Trinajstić information content (AvgIpc) is 2.75. The summed E-state index contributed by atoms with van der Waals surface area (Å²) in [5.74, 6) is 0.612. The van der Waals surface area contributed by atoms with Crippen molar-refractivity contribution in [1.29, 1.82) is 0 Å². The lowest BCUT2D eigenvalue weighted by atomic mass is 10.2. The molecule has 3 nitrogen and oxygen atoms in total. The smallest absolute Gasteiger partial charge is 0.183 e. The molecule has 1 aromatic carbocycles. The fraction of sp³-hybridized carbons (Fsp3) is 0.533. The minimum atomic E-state index is 0.612. The standard InChI is InChI=1S/C15H22N2OS/c1-11(2)10-18-8-4-7-16-15-17-13-9-12(3)5-6-14(13)19-15/h5-6,9,11H,4,7-8,10H2,1-3H3,(H,16,17). The molecule has 1 N–H and O–H groups in total. The first-order chi connectivity index (χ1) is 9.15. The van der Waals surface area contributed by atoms with Gasteiger partial charge in [-0.1, -0.05) is 31.3 Å². The Morgan fingerprint density at radius 2 is 2.21 bits per heavy atom. The summed E-state index contributed by atoms with van der Waals surface area (Å²) in [7, 11) is 0. The monoisotopic (exact) mass is 278 g/mol. The molecule has 0 unspecified atom stereocenters. The van der Waals surface area contributed by atoms with Crippen LogP contribution in [0, 0.1) is 12.8 Å². The van der Waals surface area contributed by atoms with Gasteiger partial charge in [-0.25, -0.2) is 4.98 Å². The van der Waals surface area contributed by atoms with Gasteiger partial charge in [-0.15, -0.1) is 0 Å². The van der Waals surface area contributed by atoms with E-state index in [2.05, 4.69) is 49.3 Å². The van der Waals surface area contributed by atoms with E-state index in [9.17, 15) is 0 Å². The third kappa shape index (κ3) is 4.48. The summed E-state index contributed by atoms with van der Waals surface area (Å²) < 4.78 is 6.79. The van der Waals surface area contributed by atoms with E-state index in [0.29, 0.717) is 5.92 Å². The molecule has 0 saturated carbocycles. The lowest BCUT2D eigenvalue weighted by Gasteiger charge is -2.06. The van der Waals surface area contributed by atoms with Gasteiger partial charge < -0.3 is 10.1 Å². The van der Waals surface area contributed by atoms with E-state index in [1.54, 1.807) is 11.3 Å². The van der Waals surface area contributed by atoms with E-state index in [1.165, 1.54) is 10.3 Å². The number of rotatable bonds is 7. The Kier molecular flexibility index (Phi) is 5.16. The van der Waals surface area contributed by atoms with Crippen molar-refractivity contribution in [1.82, 2.24) is 4.98 Å². The van der Waals surface area contributed by atoms with Crippen molar-refractivity contribution in [3.05, 3.63) is 23.8 Å². The molecule has 4 heteroatoms. The first-order valence-electron chi connectivity index (χ1n) is 6.84. The molecule has 2 aromatic rings. The Balaban J connectivity index is 1.75. The third-order valence-corrected chi connectivity index (χ3v) is 3.73. The highest BCUT2D eigenvalue weighted by Crippen LogP contribution is 2.26. The Bertz CT molecular complexity index is 522. The number of hydrogen-bond donors (Lipinski definition) is 1. The van der Waals surface area contributed by atoms with Crippen molar-refractivity contribution < 1.29 is 4.74 Å². The van der Waals surface area contributed by atoms with Gasteiger partial charge >= 0.3 is 0 Å². The number of aromatic nitrogens is 1. The van der Waals surface area contributed by atoms with E-state index in [4.69, 9.17) is 4.74 Å². The molecule has 0 aliphatic carbocycles. The predicted molar refractivity (Wildman–Crippen MR) is 83.1 cm³/mol. The van der Waals surface area contributed by atoms with Crippen LogP contribution in [0.25, 0.3) is 10.2 Å². The van der Waals surface area contributed by atoms with Crippen molar-refractivity contribution in [2.24, 2.45) is 5.92 Å². The molecule has 0 aliphatic heterocycles. The summed E-state index contributed by atoms with van der Waals surface area (Å²) >= 11 is 1.71. The zero-order valence-corrected chi connectivity index (χ0v) is 12.7. The van der Waals surface area contributed by atoms with Crippen LogP contribution in [0.1, 0.15) is 25.8 Å². The second kappa shape index (κ2) is 6.87. The van der Waals surface area contributed by atoms with Gasteiger partial charge in [0.05, 0.1) is 10.2 Å². The minimum absolute atomic E-state index is 0.612. The van der Waals surface area contributed by atoms with Crippen LogP contribution in [0.4, 0.5) is 5.13 Å². The fourth-order valence-electron chi connectivity index (χ4n) is 1.80. The summed E-state index contributed by atoms with van der Waals surface area (Å²) in [6, 6.07) is 6.39. The van der Waals surface area contributed by atoms with Crippen molar-refractivity contribution in [2.45, 2.75) is 27.2 Å². The summed E-state index contributed by atoms with van der Waals surface area (Å²) in [6.07, 6.45) is 1.02. The number of fused-ring (bicyclic) bond motifs is 1. The topological polar surface area (TPSA) is 34.1 Å². The fourth-order valence-corrected chi connectivity index (χ4v) is 2.67. The number of thiazole rings is 1. The second-order valence-corrected chi connectivity index (χ2v) is 6.27. The molecule has 0 atom stereocenters. The number of anilines is 1. The van der Waals surface area contributed by atoms with Crippen LogP contribution in [-0.2, 0) is 4.74 Å². The van der Waals surface area contributed by atoms with Gasteiger partial charge in [-0.05, 0) is 37.0 Å². The first-order valence-corrected chi connectivity index (χ1v) is 7.65. The molecule has 104 valence electrons. The van der Waals surface area contributed by atoms with Crippen LogP contribution >= 0.6 is 11.3 Å². The van der Waals surface area contributed by atoms with Crippen LogP contribution in [0.2, 0.25) is 0 Å². The quantitative estimate of drug-likeness (QED) is 0.775. The maximum atomic E-state index is 5.55. The van der Waals surface area contributed by atoms with E-state index < -0.39 is 0 Å². The van der Waals surface area contributed by atoms with E-state index in [-0.39, 0.29) is 0 Å². The summed E-state index contributed by atoms with van der Waals surface area (Å²) in [4.78, 5) is 4.59. The predicted octanol–water partition coefficient (Wildman–Crippen LogP) is 4.08. The Morgan fingerprint density at radius 1 is 1.37 bits per heavy atom. The van der Waals surface area contributed by atoms with Gasteiger partial charge in [0.15, 0.2) is 5.13 Å². The molecule has 0 spiro atoms. The third-order valence-electron chi connectivity index (χ3n) is 2.74. The molecular weight excluding hydrogens is 256 g/mol. The Morgan fingerprint density at radius 3 is 3.00 bits per heavy atom. The highest BCUT2D eigenvalue weighted by molar-refractivity contribution is 7.22. The molecule has 0 saturated heterocycles. The Hall–Kier alpha value is -1.13. The van der Waals surface area contributed by atoms with Gasteiger partial charge in [-0.3, -0.25) is 0 Å². The molecule has 0 bridgehead atoms. The number of nitrogens with zero attached hydrogens (tertiary/aromatic N) is 1. The van der Waals surface area contributed by atoms with Gasteiger partial charge in [0.25, 0.3) is 0 Å². The first kappa shape index (κ1) is 14.3. The maximum Gasteiger partial charge on any atom is 0.183 e. The van der Waals surface area contributed by atoms with Gasteiger partial charge in [-0.2, -0.15) is 0 Å². The van der Waals surface area contributed by atoms with Gasteiger partial charge in [0, 0.05) is 19.8 Å². The Labute approximate surface area is 119 Å². The maximum absolute atomic E-state index is 5.55. The lowest BCUT2D eigenvalue weighted by molar-refractivity contribution is 0.110. The second-order valence-electron chi connectivity index (χ2n) is 5.24. The molecule has 0 amide bonds. The number of nitrogens with one attached hydrogen (secondary N) is 1. The van der Waals surface area contributed by atoms with Gasteiger partial charge in [0.1, 0.15) is 0 Å². The van der Waals surface area contributed by atoms with Gasteiger partial charge in [0.2, 0.25) is 0 Å². The molecule has 2 rings (SSSR count). The molecule has 0 aliphatic rings. The van der Waals surface area contributed by atoms with Crippen LogP contribution in [-0.4, -0.2) is 24.7 Å². The van der Waals surface area contributed by atoms with Crippen molar-refractivity contribution in [3.8, 4) is 0 Å². The van der Waals surface area contributed by atoms with Crippen molar-refractivity contribution in [2.75, 3.05) is 25.1 Å². The lowest BCUT2D eigenvalue weighted by Crippen LogP contribution is -2.08. The molecule has 0 radical (unpaired) electrons. The molecule has 1 aromatic heterocycles. The number of hydrogen-bond acceptors (Lipinski definition) is 4. The molecule has 1 heterocycles. The van der Waals surface area contributed by atoms with Crippen molar-refractivity contribution >= 4 is 26.7 Å². The van der Waals surface area contributed by atoms with Crippen LogP contribution in [0.15, 0.2) is 18.2 Å². The number of ether oxygens (including phenoxy) is 1. The number of aryl methyl sites for hydroxylation is 1. The van der Waals surface area contributed by atoms with Crippen LogP contribution in [0.3, 0.4) is 0 Å². The van der Waals surface area contributed by atoms with E-state index in [1.807, 2.05) is 0 Å². The van der Waals surface area contributed by atoms with Crippen LogP contribution in [0.5, 0.6) is 0 Å². The zero-order chi connectivity index (χ0) is 13.7. The minimum Gasteiger partial charge on any atom is -0.381 e. The van der Waals surface area contributed by atoms with E-state index in [0.717, 1.165) is 36.8 Å². The normalized spacial score (nSPS) is 11.4. The highest BCUT2D eigenvalue weighted by atomic mass is 32.1. The highest BCUT2D eigenvalue weighted by Gasteiger charge is 2.03. The number of benzene rings is 1. The zero-order valence-electron chi connectivity index (χ0n) is 11.9. The summed E-state index contributed by atoms with van der Waals surface area (Å²) in [5, 5.41) is 4.37. The molecule has 0 fully saturated rings. The van der Waals surface area contributed by atoms with E-state index >= 15 is 0 Å². The average molecular weight is 278 g/mol. The van der Waals surface area contributed by atoms with Crippen LogP contribution < -0.4 is 5.32 Å². The largest absolute Gasteiger partial charge is 0.381 e. The summed E-state index contributed by atoms with van der Waals surface area (Å²) in [6.45, 7) is 9.01.